The number of urea groups is 1. The summed E-state index contributed by atoms with van der Waals surface area (Å²) in [6.45, 7) is 8.11. The Morgan fingerprint density at radius 1 is 1.29 bits per heavy atom. The molecule has 0 aromatic rings. The van der Waals surface area contributed by atoms with Gasteiger partial charge in [-0.1, -0.05) is 0 Å². The zero-order valence-electron chi connectivity index (χ0n) is 11.3. The average molecular weight is 239 g/mol. The van der Waals surface area contributed by atoms with Gasteiger partial charge in [-0.25, -0.2) is 4.79 Å². The van der Waals surface area contributed by atoms with Crippen molar-refractivity contribution in [3.05, 3.63) is 0 Å². The zero-order valence-corrected chi connectivity index (χ0v) is 11.3. The van der Waals surface area contributed by atoms with Crippen molar-refractivity contribution in [2.75, 3.05) is 13.1 Å². The molecule has 0 bridgehead atoms. The number of carbonyl (C=O) groups excluding carboxylic acids is 1. The summed E-state index contributed by atoms with van der Waals surface area (Å²) < 4.78 is 0. The molecule has 0 aromatic carbocycles. The molecule has 2 heterocycles. The lowest BCUT2D eigenvalue weighted by Gasteiger charge is -2.32. The van der Waals surface area contributed by atoms with Crippen LogP contribution in [0.1, 0.15) is 46.5 Å². The second kappa shape index (κ2) is 4.84. The van der Waals surface area contributed by atoms with Crippen LogP contribution < -0.4 is 10.6 Å². The first-order valence-corrected chi connectivity index (χ1v) is 6.79. The molecule has 4 heteroatoms. The molecule has 2 unspecified atom stereocenters. The molecule has 98 valence electrons. The Hall–Kier alpha value is -0.770. The van der Waals surface area contributed by atoms with Gasteiger partial charge in [0.2, 0.25) is 0 Å². The van der Waals surface area contributed by atoms with Crippen molar-refractivity contribution in [3.8, 4) is 0 Å². The fourth-order valence-corrected chi connectivity index (χ4v) is 2.90. The van der Waals surface area contributed by atoms with E-state index in [0.717, 1.165) is 25.9 Å². The van der Waals surface area contributed by atoms with E-state index in [1.54, 1.807) is 0 Å². The number of rotatable bonds is 1. The van der Waals surface area contributed by atoms with Crippen LogP contribution in [0.25, 0.3) is 0 Å². The lowest BCUT2D eigenvalue weighted by atomic mass is 10.0. The molecule has 2 saturated heterocycles. The Kier molecular flexibility index (Phi) is 3.61. The normalized spacial score (nSPS) is 29.7. The first-order chi connectivity index (χ1) is 7.97. The van der Waals surface area contributed by atoms with Gasteiger partial charge in [0.05, 0.1) is 0 Å². The van der Waals surface area contributed by atoms with Gasteiger partial charge < -0.3 is 15.5 Å². The molecule has 17 heavy (non-hydrogen) atoms. The lowest BCUT2D eigenvalue weighted by Crippen LogP contribution is -2.53. The highest BCUT2D eigenvalue weighted by Gasteiger charge is 2.36. The molecule has 2 atom stereocenters. The van der Waals surface area contributed by atoms with E-state index in [1.165, 1.54) is 12.8 Å². The number of hydrogen-bond donors (Lipinski definition) is 2. The summed E-state index contributed by atoms with van der Waals surface area (Å²) in [6.07, 6.45) is 4.75. The van der Waals surface area contributed by atoms with Crippen LogP contribution in [0.2, 0.25) is 0 Å². The summed E-state index contributed by atoms with van der Waals surface area (Å²) in [6, 6.07) is 1.02. The highest BCUT2D eigenvalue weighted by Crippen LogP contribution is 2.25. The van der Waals surface area contributed by atoms with Gasteiger partial charge in [0.25, 0.3) is 0 Å². The summed E-state index contributed by atoms with van der Waals surface area (Å²) in [5, 5.41) is 6.60. The summed E-state index contributed by atoms with van der Waals surface area (Å²) in [5.41, 5.74) is -0.146. The molecule has 2 aliphatic heterocycles. The van der Waals surface area contributed by atoms with Crippen LogP contribution in [0.15, 0.2) is 0 Å². The Balaban J connectivity index is 1.96. The molecule has 2 aliphatic rings. The molecule has 0 aliphatic carbocycles. The summed E-state index contributed by atoms with van der Waals surface area (Å²) in [5.74, 6) is 0. The van der Waals surface area contributed by atoms with E-state index in [1.807, 2.05) is 25.7 Å². The summed E-state index contributed by atoms with van der Waals surface area (Å²) in [4.78, 5) is 14.3. The SMILES string of the molecule is CC(C)(C)NC(=O)N1CCCC1C1CCCN1. The van der Waals surface area contributed by atoms with Crippen molar-refractivity contribution in [2.24, 2.45) is 0 Å². The molecule has 0 spiro atoms. The third kappa shape index (κ3) is 3.12. The van der Waals surface area contributed by atoms with Gasteiger partial charge in [-0.15, -0.1) is 0 Å². The van der Waals surface area contributed by atoms with Gasteiger partial charge >= 0.3 is 6.03 Å². The molecule has 4 nitrogen and oxygen atoms in total. The minimum absolute atomic E-state index is 0.105. The quantitative estimate of drug-likeness (QED) is 0.731. The Morgan fingerprint density at radius 2 is 2.06 bits per heavy atom. The van der Waals surface area contributed by atoms with Crippen molar-refractivity contribution in [2.45, 2.75) is 64.1 Å². The number of hydrogen-bond acceptors (Lipinski definition) is 2. The van der Waals surface area contributed by atoms with Crippen molar-refractivity contribution in [1.29, 1.82) is 0 Å². The maximum absolute atomic E-state index is 12.2. The van der Waals surface area contributed by atoms with E-state index in [9.17, 15) is 4.79 Å². The smallest absolute Gasteiger partial charge is 0.318 e. The van der Waals surface area contributed by atoms with Crippen LogP contribution >= 0.6 is 0 Å². The van der Waals surface area contributed by atoms with Gasteiger partial charge in [0.15, 0.2) is 0 Å². The summed E-state index contributed by atoms with van der Waals surface area (Å²) in [7, 11) is 0. The largest absolute Gasteiger partial charge is 0.333 e. The molecule has 2 N–H and O–H groups in total. The fraction of sp³-hybridized carbons (Fsp3) is 0.923. The number of carbonyl (C=O) groups is 1. The third-order valence-corrected chi connectivity index (χ3v) is 3.60. The molecular formula is C13H25N3O. The molecule has 0 aromatic heterocycles. The predicted octanol–water partition coefficient (Wildman–Crippen LogP) is 1.71. The van der Waals surface area contributed by atoms with Gasteiger partial charge in [-0.2, -0.15) is 0 Å². The molecule has 2 rings (SSSR count). The van der Waals surface area contributed by atoms with Gasteiger partial charge in [0.1, 0.15) is 0 Å². The van der Waals surface area contributed by atoms with E-state index in [-0.39, 0.29) is 11.6 Å². The maximum atomic E-state index is 12.2. The minimum atomic E-state index is -0.146. The van der Waals surface area contributed by atoms with Crippen LogP contribution in [0.5, 0.6) is 0 Å². The van der Waals surface area contributed by atoms with Crippen molar-refractivity contribution >= 4 is 6.03 Å². The zero-order chi connectivity index (χ0) is 12.5. The number of likely N-dealkylation sites (tertiary alicyclic amines) is 1. The standard InChI is InChI=1S/C13H25N3O/c1-13(2,3)15-12(17)16-9-5-7-11(16)10-6-4-8-14-10/h10-11,14H,4-9H2,1-3H3,(H,15,17). The lowest BCUT2D eigenvalue weighted by molar-refractivity contribution is 0.173. The third-order valence-electron chi connectivity index (χ3n) is 3.60. The Bertz CT molecular complexity index is 279. The van der Waals surface area contributed by atoms with E-state index < -0.39 is 0 Å². The summed E-state index contributed by atoms with van der Waals surface area (Å²) >= 11 is 0. The van der Waals surface area contributed by atoms with Crippen LogP contribution in [-0.2, 0) is 0 Å². The fourth-order valence-electron chi connectivity index (χ4n) is 2.90. The minimum Gasteiger partial charge on any atom is -0.333 e. The topological polar surface area (TPSA) is 44.4 Å². The van der Waals surface area contributed by atoms with Crippen LogP contribution in [0.4, 0.5) is 4.79 Å². The van der Waals surface area contributed by atoms with Crippen molar-refractivity contribution < 1.29 is 4.79 Å². The maximum Gasteiger partial charge on any atom is 0.318 e. The molecule has 0 saturated carbocycles. The molecular weight excluding hydrogens is 214 g/mol. The first-order valence-electron chi connectivity index (χ1n) is 6.79. The van der Waals surface area contributed by atoms with Crippen LogP contribution in [-0.4, -0.2) is 41.6 Å². The highest BCUT2D eigenvalue weighted by molar-refractivity contribution is 5.75. The van der Waals surface area contributed by atoms with E-state index >= 15 is 0 Å². The second-order valence-corrected chi connectivity index (χ2v) is 6.29. The monoisotopic (exact) mass is 239 g/mol. The van der Waals surface area contributed by atoms with Crippen molar-refractivity contribution in [3.63, 3.8) is 0 Å². The Morgan fingerprint density at radius 3 is 2.65 bits per heavy atom. The molecule has 2 amide bonds. The van der Waals surface area contributed by atoms with E-state index in [4.69, 9.17) is 0 Å². The number of nitrogens with one attached hydrogen (secondary N) is 2. The average Bonchev–Trinajstić information content (AvgIpc) is 2.85. The highest BCUT2D eigenvalue weighted by atomic mass is 16.2. The second-order valence-electron chi connectivity index (χ2n) is 6.29. The van der Waals surface area contributed by atoms with Crippen LogP contribution in [0.3, 0.4) is 0 Å². The Labute approximate surface area is 104 Å². The van der Waals surface area contributed by atoms with Crippen molar-refractivity contribution in [1.82, 2.24) is 15.5 Å². The number of nitrogens with zero attached hydrogens (tertiary/aromatic N) is 1. The van der Waals surface area contributed by atoms with E-state index in [2.05, 4.69) is 10.6 Å². The predicted molar refractivity (Wildman–Crippen MR) is 69.0 cm³/mol. The first kappa shape index (κ1) is 12.7. The van der Waals surface area contributed by atoms with Gasteiger partial charge in [-0.3, -0.25) is 0 Å². The number of amides is 2. The van der Waals surface area contributed by atoms with E-state index in [0.29, 0.717) is 12.1 Å². The van der Waals surface area contributed by atoms with Gasteiger partial charge in [-0.05, 0) is 53.0 Å². The van der Waals surface area contributed by atoms with Crippen LogP contribution in [0, 0.1) is 0 Å². The van der Waals surface area contributed by atoms with Gasteiger partial charge in [0, 0.05) is 24.2 Å². The molecule has 2 fully saturated rings. The molecule has 0 radical (unpaired) electrons.